The summed E-state index contributed by atoms with van der Waals surface area (Å²) in [6.07, 6.45) is 7.77. The average molecular weight is 346 g/mol. The lowest BCUT2D eigenvalue weighted by Gasteiger charge is -2.65. The van der Waals surface area contributed by atoms with Gasteiger partial charge in [-0.25, -0.2) is 4.57 Å². The number of rotatable bonds is 5. The number of nitrogens with zero attached hydrogens (tertiary/aromatic N) is 1. The van der Waals surface area contributed by atoms with E-state index in [0.717, 1.165) is 12.5 Å². The van der Waals surface area contributed by atoms with Gasteiger partial charge < -0.3 is 15.5 Å². The smallest absolute Gasteiger partial charge is 0.384 e. The molecule has 0 saturated heterocycles. The van der Waals surface area contributed by atoms with E-state index < -0.39 is 6.80 Å². The van der Waals surface area contributed by atoms with Crippen molar-refractivity contribution in [3.05, 3.63) is 0 Å². The number of aliphatic imine (C=N–C) groups is 1. The highest BCUT2D eigenvalue weighted by molar-refractivity contribution is 8.54. The molecule has 0 amide bonds. The molecule has 4 saturated carbocycles. The SMILES string of the molecule is CC12CC3CC(C)(C1)CC(CN=C(N)CSP(=O)(O)O)(C3)C2. The van der Waals surface area contributed by atoms with Crippen LogP contribution in [0, 0.1) is 22.2 Å². The lowest BCUT2D eigenvalue weighted by atomic mass is 9.40. The summed E-state index contributed by atoms with van der Waals surface area (Å²) in [5, 5.41) is 0. The van der Waals surface area contributed by atoms with Gasteiger partial charge in [0.25, 0.3) is 0 Å². The van der Waals surface area contributed by atoms with Crippen LogP contribution in [0.1, 0.15) is 52.4 Å². The molecular formula is C15H27N2O3PS. The molecule has 4 rings (SSSR count). The van der Waals surface area contributed by atoms with Gasteiger partial charge in [0.15, 0.2) is 0 Å². The highest BCUT2D eigenvalue weighted by atomic mass is 32.7. The largest absolute Gasteiger partial charge is 0.387 e. The summed E-state index contributed by atoms with van der Waals surface area (Å²) in [5.41, 5.74) is 7.04. The van der Waals surface area contributed by atoms with Gasteiger partial charge in [-0.2, -0.15) is 0 Å². The third-order valence-corrected chi connectivity index (χ3v) is 7.90. The monoisotopic (exact) mass is 346 g/mol. The minimum atomic E-state index is -4.07. The minimum Gasteiger partial charge on any atom is -0.387 e. The number of nitrogens with two attached hydrogens (primary N) is 1. The topological polar surface area (TPSA) is 95.9 Å². The Morgan fingerprint density at radius 2 is 1.82 bits per heavy atom. The predicted molar refractivity (Wildman–Crippen MR) is 90.8 cm³/mol. The van der Waals surface area contributed by atoms with Gasteiger partial charge in [-0.05, 0) is 72.1 Å². The third-order valence-electron chi connectivity index (χ3n) is 5.74. The molecule has 0 aromatic heterocycles. The van der Waals surface area contributed by atoms with Crippen LogP contribution in [0.4, 0.5) is 0 Å². The summed E-state index contributed by atoms with van der Waals surface area (Å²) in [7, 11) is 0. The molecule has 0 aliphatic heterocycles. The van der Waals surface area contributed by atoms with Crippen molar-refractivity contribution in [2.75, 3.05) is 12.3 Å². The first-order valence-electron chi connectivity index (χ1n) is 8.00. The van der Waals surface area contributed by atoms with Crippen LogP contribution in [0.3, 0.4) is 0 Å². The Bertz CT molecular complexity index is 529. The van der Waals surface area contributed by atoms with Crippen molar-refractivity contribution in [3.8, 4) is 0 Å². The summed E-state index contributed by atoms with van der Waals surface area (Å²) in [6.45, 7) is 1.52. The summed E-state index contributed by atoms with van der Waals surface area (Å²) >= 11 is 0.568. The fourth-order valence-corrected chi connectivity index (χ4v) is 7.62. The van der Waals surface area contributed by atoms with Crippen LogP contribution in [0.25, 0.3) is 0 Å². The minimum absolute atomic E-state index is 0.109. The van der Waals surface area contributed by atoms with E-state index in [2.05, 4.69) is 18.8 Å². The quantitative estimate of drug-likeness (QED) is 0.404. The Hall–Kier alpha value is -0.0300. The molecule has 2 unspecified atom stereocenters. The molecule has 4 aliphatic carbocycles. The molecule has 4 fully saturated rings. The zero-order valence-corrected chi connectivity index (χ0v) is 15.1. The summed E-state index contributed by atoms with van der Waals surface area (Å²) in [6, 6.07) is 0. The molecule has 2 atom stereocenters. The first-order chi connectivity index (χ1) is 10.0. The van der Waals surface area contributed by atoms with Gasteiger partial charge in [0.2, 0.25) is 0 Å². The standard InChI is InChI=1S/C15H27N2O3PS/c1-13-3-11-4-14(2,7-13)9-15(5-11,8-13)10-17-12(16)6-22-21(18,19)20/h11H,3-10H2,1-2H3,(H2,16,17)(H2,18,19,20). The molecule has 22 heavy (non-hydrogen) atoms. The zero-order valence-electron chi connectivity index (χ0n) is 13.4. The second kappa shape index (κ2) is 5.23. The molecule has 0 spiro atoms. The molecule has 0 aromatic carbocycles. The van der Waals surface area contributed by atoms with E-state index in [1.54, 1.807) is 0 Å². The van der Waals surface area contributed by atoms with E-state index >= 15 is 0 Å². The first kappa shape index (κ1) is 16.8. The molecule has 4 bridgehead atoms. The predicted octanol–water partition coefficient (Wildman–Crippen LogP) is 3.17. The van der Waals surface area contributed by atoms with E-state index in [-0.39, 0.29) is 11.2 Å². The van der Waals surface area contributed by atoms with E-state index in [1.807, 2.05) is 0 Å². The van der Waals surface area contributed by atoms with E-state index in [0.29, 0.717) is 28.0 Å². The van der Waals surface area contributed by atoms with Crippen LogP contribution in [0.2, 0.25) is 0 Å². The van der Waals surface area contributed by atoms with Crippen molar-refractivity contribution in [2.24, 2.45) is 32.9 Å². The molecule has 7 heteroatoms. The molecule has 5 nitrogen and oxygen atoms in total. The Kier molecular flexibility index (Phi) is 4.00. The fraction of sp³-hybridized carbons (Fsp3) is 0.933. The molecule has 0 heterocycles. The van der Waals surface area contributed by atoms with Crippen LogP contribution in [0.5, 0.6) is 0 Å². The lowest BCUT2D eigenvalue weighted by molar-refractivity contribution is -0.140. The van der Waals surface area contributed by atoms with Crippen molar-refractivity contribution in [2.45, 2.75) is 52.4 Å². The maximum Gasteiger partial charge on any atom is 0.384 e. The van der Waals surface area contributed by atoms with Crippen molar-refractivity contribution in [1.29, 1.82) is 0 Å². The van der Waals surface area contributed by atoms with E-state index in [1.165, 1.54) is 38.5 Å². The van der Waals surface area contributed by atoms with Gasteiger partial charge in [0.05, 0.1) is 5.75 Å². The van der Waals surface area contributed by atoms with Crippen LogP contribution in [-0.4, -0.2) is 27.9 Å². The van der Waals surface area contributed by atoms with Gasteiger partial charge >= 0.3 is 6.80 Å². The fourth-order valence-electron chi connectivity index (χ4n) is 6.33. The Balaban J connectivity index is 1.68. The maximum atomic E-state index is 10.9. The van der Waals surface area contributed by atoms with Crippen molar-refractivity contribution in [3.63, 3.8) is 0 Å². The maximum absolute atomic E-state index is 10.9. The van der Waals surface area contributed by atoms with Gasteiger partial charge in [-0.15, -0.1) is 0 Å². The second-order valence-electron chi connectivity index (χ2n) is 8.70. The summed E-state index contributed by atoms with van der Waals surface area (Å²) < 4.78 is 10.9. The number of hydrogen-bond acceptors (Lipinski definition) is 3. The summed E-state index contributed by atoms with van der Waals surface area (Å²) in [4.78, 5) is 22.3. The number of amidine groups is 1. The molecule has 0 radical (unpaired) electrons. The van der Waals surface area contributed by atoms with E-state index in [9.17, 15) is 4.57 Å². The van der Waals surface area contributed by atoms with Crippen molar-refractivity contribution >= 4 is 24.0 Å². The normalized spacial score (nSPS) is 44.5. The molecular weight excluding hydrogens is 319 g/mol. The summed E-state index contributed by atoms with van der Waals surface area (Å²) in [5.74, 6) is 1.30. The van der Waals surface area contributed by atoms with Crippen LogP contribution >= 0.6 is 18.2 Å². The Morgan fingerprint density at radius 3 is 2.32 bits per heavy atom. The zero-order chi connectivity index (χ0) is 16.2. The third kappa shape index (κ3) is 3.55. The first-order valence-corrected chi connectivity index (χ1v) is 11.2. The van der Waals surface area contributed by atoms with Crippen LogP contribution in [0.15, 0.2) is 4.99 Å². The van der Waals surface area contributed by atoms with Gasteiger partial charge in [0.1, 0.15) is 5.84 Å². The van der Waals surface area contributed by atoms with Crippen LogP contribution in [-0.2, 0) is 4.57 Å². The molecule has 4 aliphatic rings. The van der Waals surface area contributed by atoms with Gasteiger partial charge in [-0.3, -0.25) is 4.99 Å². The highest BCUT2D eigenvalue weighted by Gasteiger charge is 2.59. The molecule has 126 valence electrons. The Labute approximate surface area is 136 Å². The molecule has 0 aromatic rings. The second-order valence-corrected chi connectivity index (χ2v) is 12.4. The molecule has 4 N–H and O–H groups in total. The van der Waals surface area contributed by atoms with Crippen LogP contribution < -0.4 is 5.73 Å². The number of hydrogen-bond donors (Lipinski definition) is 3. The van der Waals surface area contributed by atoms with Crippen molar-refractivity contribution < 1.29 is 14.4 Å². The van der Waals surface area contributed by atoms with Gasteiger partial charge in [-0.1, -0.05) is 13.8 Å². The lowest BCUT2D eigenvalue weighted by Crippen LogP contribution is -2.56. The average Bonchev–Trinajstić information content (AvgIpc) is 2.28. The highest BCUT2D eigenvalue weighted by Crippen LogP contribution is 2.69. The van der Waals surface area contributed by atoms with E-state index in [4.69, 9.17) is 15.5 Å². The Morgan fingerprint density at radius 1 is 1.23 bits per heavy atom. The van der Waals surface area contributed by atoms with Crippen molar-refractivity contribution in [1.82, 2.24) is 0 Å². The van der Waals surface area contributed by atoms with Gasteiger partial charge in [0, 0.05) is 6.54 Å².